The standard InChI is InChI=1S/C9H18N4O2/c1-15-5-3-13-9(11-2-4-14)8(6-10)7-12-13/h7,11,14H,2-6,10H2,1H3. The van der Waals surface area contributed by atoms with Crippen molar-refractivity contribution in [3.05, 3.63) is 11.8 Å². The minimum Gasteiger partial charge on any atom is -0.395 e. The summed E-state index contributed by atoms with van der Waals surface area (Å²) in [7, 11) is 1.65. The Bertz CT molecular complexity index is 288. The van der Waals surface area contributed by atoms with Gasteiger partial charge in [-0.3, -0.25) is 0 Å². The first kappa shape index (κ1) is 12.0. The Morgan fingerprint density at radius 3 is 3.07 bits per heavy atom. The molecule has 0 aliphatic carbocycles. The molecule has 0 fully saturated rings. The number of rotatable bonds is 7. The molecule has 0 aliphatic rings. The van der Waals surface area contributed by atoms with E-state index in [0.717, 1.165) is 11.4 Å². The monoisotopic (exact) mass is 214 g/mol. The van der Waals surface area contributed by atoms with Crippen LogP contribution in [0.25, 0.3) is 0 Å². The predicted octanol–water partition coefficient (Wildman–Crippen LogP) is -0.608. The predicted molar refractivity (Wildman–Crippen MR) is 57.6 cm³/mol. The molecular weight excluding hydrogens is 196 g/mol. The van der Waals surface area contributed by atoms with Crippen molar-refractivity contribution in [1.82, 2.24) is 9.78 Å². The number of hydrogen-bond donors (Lipinski definition) is 3. The van der Waals surface area contributed by atoms with Gasteiger partial charge in [-0.1, -0.05) is 0 Å². The summed E-state index contributed by atoms with van der Waals surface area (Å²) >= 11 is 0. The number of methoxy groups -OCH3 is 1. The van der Waals surface area contributed by atoms with E-state index in [0.29, 0.717) is 26.2 Å². The number of aliphatic hydroxyl groups excluding tert-OH is 1. The van der Waals surface area contributed by atoms with Gasteiger partial charge < -0.3 is 20.9 Å². The van der Waals surface area contributed by atoms with Gasteiger partial charge >= 0.3 is 0 Å². The van der Waals surface area contributed by atoms with Gasteiger partial charge in [0.2, 0.25) is 0 Å². The van der Waals surface area contributed by atoms with Crippen LogP contribution in [0.3, 0.4) is 0 Å². The lowest BCUT2D eigenvalue weighted by molar-refractivity contribution is 0.184. The van der Waals surface area contributed by atoms with Gasteiger partial charge in [-0.2, -0.15) is 5.10 Å². The van der Waals surface area contributed by atoms with Crippen LogP contribution in [0.4, 0.5) is 5.82 Å². The van der Waals surface area contributed by atoms with Crippen LogP contribution in [0.2, 0.25) is 0 Å². The van der Waals surface area contributed by atoms with E-state index in [1.54, 1.807) is 18.0 Å². The van der Waals surface area contributed by atoms with Crippen LogP contribution in [0, 0.1) is 0 Å². The third kappa shape index (κ3) is 3.19. The summed E-state index contributed by atoms with van der Waals surface area (Å²) in [5.41, 5.74) is 6.52. The summed E-state index contributed by atoms with van der Waals surface area (Å²) in [6.45, 7) is 2.27. The average Bonchev–Trinajstić information content (AvgIpc) is 2.65. The van der Waals surface area contributed by atoms with Crippen LogP contribution in [-0.2, 0) is 17.8 Å². The van der Waals surface area contributed by atoms with E-state index in [-0.39, 0.29) is 6.61 Å². The van der Waals surface area contributed by atoms with Crippen LogP contribution >= 0.6 is 0 Å². The molecule has 4 N–H and O–H groups in total. The highest BCUT2D eigenvalue weighted by molar-refractivity contribution is 5.43. The molecular formula is C9H18N4O2. The molecule has 1 aromatic heterocycles. The quantitative estimate of drug-likeness (QED) is 0.564. The first-order chi connectivity index (χ1) is 7.33. The maximum atomic E-state index is 8.75. The molecule has 86 valence electrons. The molecule has 0 atom stereocenters. The Morgan fingerprint density at radius 2 is 2.47 bits per heavy atom. The molecule has 0 saturated carbocycles. The number of hydrogen-bond acceptors (Lipinski definition) is 5. The normalized spacial score (nSPS) is 10.6. The Balaban J connectivity index is 2.70. The minimum atomic E-state index is 0.0828. The zero-order valence-corrected chi connectivity index (χ0v) is 8.94. The summed E-state index contributed by atoms with van der Waals surface area (Å²) in [6.07, 6.45) is 1.73. The highest BCUT2D eigenvalue weighted by Gasteiger charge is 2.08. The summed E-state index contributed by atoms with van der Waals surface area (Å²) in [5, 5.41) is 16.0. The lowest BCUT2D eigenvalue weighted by atomic mass is 10.3. The van der Waals surface area contributed by atoms with Gasteiger partial charge in [-0.25, -0.2) is 4.68 Å². The molecule has 0 radical (unpaired) electrons. The van der Waals surface area contributed by atoms with Crippen molar-refractivity contribution in [2.24, 2.45) is 5.73 Å². The smallest absolute Gasteiger partial charge is 0.128 e. The highest BCUT2D eigenvalue weighted by atomic mass is 16.5. The fourth-order valence-corrected chi connectivity index (χ4v) is 1.30. The number of nitrogens with one attached hydrogen (secondary N) is 1. The molecule has 0 spiro atoms. The number of ether oxygens (including phenoxy) is 1. The number of aliphatic hydroxyl groups is 1. The number of nitrogens with two attached hydrogens (primary N) is 1. The van der Waals surface area contributed by atoms with Gasteiger partial charge in [0, 0.05) is 25.8 Å². The van der Waals surface area contributed by atoms with Crippen LogP contribution in [-0.4, -0.2) is 41.8 Å². The highest BCUT2D eigenvalue weighted by Crippen LogP contribution is 2.13. The van der Waals surface area contributed by atoms with Crippen LogP contribution in [0.5, 0.6) is 0 Å². The minimum absolute atomic E-state index is 0.0828. The second kappa shape index (κ2) is 6.39. The van der Waals surface area contributed by atoms with Crippen molar-refractivity contribution >= 4 is 5.82 Å². The zero-order chi connectivity index (χ0) is 11.1. The van der Waals surface area contributed by atoms with Crippen molar-refractivity contribution in [1.29, 1.82) is 0 Å². The van der Waals surface area contributed by atoms with Crippen molar-refractivity contribution in [3.8, 4) is 0 Å². The summed E-state index contributed by atoms with van der Waals surface area (Å²) < 4.78 is 6.77. The van der Waals surface area contributed by atoms with E-state index in [9.17, 15) is 0 Å². The molecule has 1 heterocycles. The van der Waals surface area contributed by atoms with Gasteiger partial charge in [0.1, 0.15) is 5.82 Å². The number of aromatic nitrogens is 2. The third-order valence-corrected chi connectivity index (χ3v) is 2.05. The first-order valence-electron chi connectivity index (χ1n) is 4.92. The van der Waals surface area contributed by atoms with Crippen LogP contribution < -0.4 is 11.1 Å². The molecule has 0 aromatic carbocycles. The van der Waals surface area contributed by atoms with Gasteiger partial charge in [0.05, 0.1) is 26.0 Å². The fraction of sp³-hybridized carbons (Fsp3) is 0.667. The Labute approximate surface area is 89.0 Å². The van der Waals surface area contributed by atoms with Crippen molar-refractivity contribution in [2.45, 2.75) is 13.1 Å². The summed E-state index contributed by atoms with van der Waals surface area (Å²) in [6, 6.07) is 0. The molecule has 15 heavy (non-hydrogen) atoms. The van der Waals surface area contributed by atoms with Gasteiger partial charge in [0.15, 0.2) is 0 Å². The average molecular weight is 214 g/mol. The topological polar surface area (TPSA) is 85.3 Å². The van der Waals surface area contributed by atoms with Gasteiger partial charge in [0.25, 0.3) is 0 Å². The molecule has 1 aromatic rings. The maximum absolute atomic E-state index is 8.75. The summed E-state index contributed by atoms with van der Waals surface area (Å²) in [4.78, 5) is 0. The van der Waals surface area contributed by atoms with E-state index in [4.69, 9.17) is 15.6 Å². The van der Waals surface area contributed by atoms with Gasteiger partial charge in [-0.05, 0) is 0 Å². The number of anilines is 1. The van der Waals surface area contributed by atoms with E-state index >= 15 is 0 Å². The van der Waals surface area contributed by atoms with E-state index < -0.39 is 0 Å². The van der Waals surface area contributed by atoms with Crippen LogP contribution in [0.1, 0.15) is 5.56 Å². The molecule has 0 bridgehead atoms. The Morgan fingerprint density at radius 1 is 1.67 bits per heavy atom. The van der Waals surface area contributed by atoms with E-state index in [2.05, 4.69) is 10.4 Å². The molecule has 0 saturated heterocycles. The lowest BCUT2D eigenvalue weighted by Crippen LogP contribution is -2.15. The Kier molecular flexibility index (Phi) is 5.09. The van der Waals surface area contributed by atoms with Crippen molar-refractivity contribution in [2.75, 3.05) is 32.2 Å². The van der Waals surface area contributed by atoms with Crippen molar-refractivity contribution in [3.63, 3.8) is 0 Å². The largest absolute Gasteiger partial charge is 0.395 e. The Hall–Kier alpha value is -1.11. The molecule has 1 rings (SSSR count). The molecule has 6 nitrogen and oxygen atoms in total. The zero-order valence-electron chi connectivity index (χ0n) is 8.94. The SMILES string of the molecule is COCCn1ncc(CN)c1NCCO. The molecule has 6 heteroatoms. The molecule has 0 aliphatic heterocycles. The van der Waals surface area contributed by atoms with Gasteiger partial charge in [-0.15, -0.1) is 0 Å². The maximum Gasteiger partial charge on any atom is 0.128 e. The van der Waals surface area contributed by atoms with Crippen molar-refractivity contribution < 1.29 is 9.84 Å². The first-order valence-corrected chi connectivity index (χ1v) is 4.92. The summed E-state index contributed by atoms with van der Waals surface area (Å²) in [5.74, 6) is 0.864. The lowest BCUT2D eigenvalue weighted by Gasteiger charge is -2.10. The second-order valence-corrected chi connectivity index (χ2v) is 3.09. The van der Waals surface area contributed by atoms with E-state index in [1.807, 2.05) is 0 Å². The second-order valence-electron chi connectivity index (χ2n) is 3.09. The number of nitrogens with zero attached hydrogens (tertiary/aromatic N) is 2. The third-order valence-electron chi connectivity index (χ3n) is 2.05. The molecule has 0 unspecified atom stereocenters. The van der Waals surface area contributed by atoms with Crippen LogP contribution in [0.15, 0.2) is 6.20 Å². The fourth-order valence-electron chi connectivity index (χ4n) is 1.30. The van der Waals surface area contributed by atoms with E-state index in [1.165, 1.54) is 0 Å². The molecule has 0 amide bonds.